The highest BCUT2D eigenvalue weighted by molar-refractivity contribution is 5.77. The first-order valence-corrected chi connectivity index (χ1v) is 8.34. The summed E-state index contributed by atoms with van der Waals surface area (Å²) in [5.41, 5.74) is -1.19. The number of nitrogens with zero attached hydrogens (tertiary/aromatic N) is 4. The van der Waals surface area contributed by atoms with E-state index < -0.39 is 5.60 Å². The summed E-state index contributed by atoms with van der Waals surface area (Å²) in [4.78, 5) is 14.4. The first-order chi connectivity index (χ1) is 11.0. The van der Waals surface area contributed by atoms with Gasteiger partial charge in [0.15, 0.2) is 0 Å². The van der Waals surface area contributed by atoms with Crippen LogP contribution in [0.15, 0.2) is 6.33 Å². The summed E-state index contributed by atoms with van der Waals surface area (Å²) in [6.07, 6.45) is 6.98. The van der Waals surface area contributed by atoms with Crippen molar-refractivity contribution < 1.29 is 14.6 Å². The van der Waals surface area contributed by atoms with E-state index >= 15 is 0 Å². The molecule has 0 bridgehead atoms. The van der Waals surface area contributed by atoms with Crippen LogP contribution in [0, 0.1) is 0 Å². The Hall–Kier alpha value is -1.47. The molecule has 23 heavy (non-hydrogen) atoms. The van der Waals surface area contributed by atoms with Crippen LogP contribution < -0.4 is 0 Å². The monoisotopic (exact) mass is 322 g/mol. The Kier molecular flexibility index (Phi) is 4.42. The first-order valence-electron chi connectivity index (χ1n) is 8.34. The van der Waals surface area contributed by atoms with E-state index in [0.29, 0.717) is 32.4 Å². The summed E-state index contributed by atoms with van der Waals surface area (Å²) in [7, 11) is 3.55. The maximum Gasteiger partial charge on any atom is 0.225 e. The third kappa shape index (κ3) is 3.40. The number of amides is 1. The molecule has 3 rings (SSSR count). The topological polar surface area (TPSA) is 80.5 Å². The van der Waals surface area contributed by atoms with Crippen LogP contribution >= 0.6 is 0 Å². The Balaban J connectivity index is 1.63. The first kappa shape index (κ1) is 16.4. The van der Waals surface area contributed by atoms with Crippen molar-refractivity contribution >= 4 is 5.91 Å². The number of hydrogen-bond acceptors (Lipinski definition) is 5. The number of hydrogen-bond donors (Lipinski definition) is 1. The summed E-state index contributed by atoms with van der Waals surface area (Å²) in [6, 6.07) is 0. The van der Waals surface area contributed by atoms with E-state index in [0.717, 1.165) is 31.5 Å². The van der Waals surface area contributed by atoms with E-state index in [1.807, 2.05) is 11.6 Å². The van der Waals surface area contributed by atoms with E-state index in [4.69, 9.17) is 4.74 Å². The van der Waals surface area contributed by atoms with Gasteiger partial charge in [0.05, 0.1) is 17.6 Å². The molecule has 1 amide bonds. The number of aromatic nitrogens is 3. The van der Waals surface area contributed by atoms with Crippen molar-refractivity contribution in [2.24, 2.45) is 7.05 Å². The maximum absolute atomic E-state index is 12.6. The molecule has 0 aromatic carbocycles. The normalized spacial score (nSPS) is 26.8. The minimum atomic E-state index is -0.922. The van der Waals surface area contributed by atoms with Gasteiger partial charge in [0.25, 0.3) is 0 Å². The van der Waals surface area contributed by atoms with Crippen molar-refractivity contribution in [2.45, 2.75) is 56.1 Å². The molecule has 0 radical (unpaired) electrons. The third-order valence-electron chi connectivity index (χ3n) is 5.37. The van der Waals surface area contributed by atoms with Crippen LogP contribution in [0.1, 0.15) is 44.3 Å². The van der Waals surface area contributed by atoms with Crippen LogP contribution in [0.25, 0.3) is 0 Å². The number of aryl methyl sites for hydroxylation is 1. The van der Waals surface area contributed by atoms with Crippen molar-refractivity contribution in [2.75, 3.05) is 20.2 Å². The molecule has 1 unspecified atom stereocenters. The van der Waals surface area contributed by atoms with Gasteiger partial charge in [-0.25, -0.2) is 0 Å². The summed E-state index contributed by atoms with van der Waals surface area (Å²) in [5.74, 6) is 0.830. The van der Waals surface area contributed by atoms with Crippen molar-refractivity contribution in [1.82, 2.24) is 19.7 Å². The van der Waals surface area contributed by atoms with Gasteiger partial charge in [-0.1, -0.05) is 0 Å². The fraction of sp³-hybridized carbons (Fsp3) is 0.812. The van der Waals surface area contributed by atoms with Gasteiger partial charge in [-0.3, -0.25) is 4.79 Å². The molecule has 0 spiro atoms. The van der Waals surface area contributed by atoms with Crippen LogP contribution in [-0.2, 0) is 23.0 Å². The average molecular weight is 322 g/mol. The molecular formula is C16H26N4O3. The summed E-state index contributed by atoms with van der Waals surface area (Å²) in [5, 5.41) is 18.8. The smallest absolute Gasteiger partial charge is 0.225 e. The highest BCUT2D eigenvalue weighted by atomic mass is 16.5. The predicted molar refractivity (Wildman–Crippen MR) is 83.7 cm³/mol. The van der Waals surface area contributed by atoms with Gasteiger partial charge in [-0.2, -0.15) is 0 Å². The second-order valence-corrected chi connectivity index (χ2v) is 7.10. The van der Waals surface area contributed by atoms with E-state index in [1.165, 1.54) is 0 Å². The number of ether oxygens (including phenoxy) is 1. The summed E-state index contributed by atoms with van der Waals surface area (Å²) < 4.78 is 7.37. The molecule has 7 nitrogen and oxygen atoms in total. The zero-order valence-corrected chi connectivity index (χ0v) is 14.0. The molecule has 1 aliphatic heterocycles. The number of aliphatic hydroxyl groups is 1. The second kappa shape index (κ2) is 6.20. The minimum absolute atomic E-state index is 0.0858. The van der Waals surface area contributed by atoms with Crippen molar-refractivity contribution in [3.8, 4) is 0 Å². The van der Waals surface area contributed by atoms with Crippen LogP contribution in [0.2, 0.25) is 0 Å². The predicted octanol–water partition coefficient (Wildman–Crippen LogP) is 0.670. The van der Waals surface area contributed by atoms with Crippen LogP contribution in [0.5, 0.6) is 0 Å². The third-order valence-corrected chi connectivity index (χ3v) is 5.37. The molecule has 2 aliphatic rings. The fourth-order valence-corrected chi connectivity index (χ4v) is 3.64. The standard InChI is InChI=1S/C16H26N4O3/c1-19-12-17-18-13(19)9-15(22)5-4-8-20(11-15)14(21)10-16(23-2)6-3-7-16/h12,22H,3-11H2,1-2H3. The molecular weight excluding hydrogens is 296 g/mol. The quantitative estimate of drug-likeness (QED) is 0.862. The van der Waals surface area contributed by atoms with Gasteiger partial charge >= 0.3 is 0 Å². The van der Waals surface area contributed by atoms with Gasteiger partial charge in [0.1, 0.15) is 12.2 Å². The zero-order valence-electron chi connectivity index (χ0n) is 14.0. The minimum Gasteiger partial charge on any atom is -0.388 e. The van der Waals surface area contributed by atoms with E-state index in [-0.39, 0.29) is 11.5 Å². The number of likely N-dealkylation sites (tertiary alicyclic amines) is 1. The zero-order chi connectivity index (χ0) is 16.5. The Morgan fingerprint density at radius 2 is 2.17 bits per heavy atom. The largest absolute Gasteiger partial charge is 0.388 e. The lowest BCUT2D eigenvalue weighted by atomic mass is 9.77. The Morgan fingerprint density at radius 1 is 1.39 bits per heavy atom. The van der Waals surface area contributed by atoms with E-state index in [1.54, 1.807) is 18.3 Å². The molecule has 1 N–H and O–H groups in total. The molecule has 1 aromatic heterocycles. The molecule has 7 heteroatoms. The van der Waals surface area contributed by atoms with Crippen LogP contribution in [0.4, 0.5) is 0 Å². The second-order valence-electron chi connectivity index (χ2n) is 7.10. The average Bonchev–Trinajstić information content (AvgIpc) is 2.87. The molecule has 1 aliphatic carbocycles. The Labute approximate surface area is 136 Å². The summed E-state index contributed by atoms with van der Waals surface area (Å²) in [6.45, 7) is 1.07. The molecule has 2 fully saturated rings. The number of β-amino-alcohol motifs (C(OH)–C–C–N with tert-alkyl or cyclic N) is 1. The maximum atomic E-state index is 12.6. The lowest BCUT2D eigenvalue weighted by Gasteiger charge is -2.43. The Bertz CT molecular complexity index is 564. The molecule has 128 valence electrons. The molecule has 1 atom stereocenters. The van der Waals surface area contributed by atoms with Crippen molar-refractivity contribution in [3.63, 3.8) is 0 Å². The van der Waals surface area contributed by atoms with Gasteiger partial charge in [0, 0.05) is 33.7 Å². The highest BCUT2D eigenvalue weighted by Gasteiger charge is 2.42. The lowest BCUT2D eigenvalue weighted by molar-refractivity contribution is -0.150. The summed E-state index contributed by atoms with van der Waals surface area (Å²) >= 11 is 0. The number of rotatable bonds is 5. The number of carbonyl (C=O) groups is 1. The van der Waals surface area contributed by atoms with Crippen molar-refractivity contribution in [1.29, 1.82) is 0 Å². The van der Waals surface area contributed by atoms with Gasteiger partial charge in [0.2, 0.25) is 5.91 Å². The number of piperidine rings is 1. The van der Waals surface area contributed by atoms with E-state index in [2.05, 4.69) is 10.2 Å². The van der Waals surface area contributed by atoms with Gasteiger partial charge in [-0.15, -0.1) is 10.2 Å². The lowest BCUT2D eigenvalue weighted by Crippen LogP contribution is -2.54. The SMILES string of the molecule is COC1(CC(=O)N2CCCC(O)(Cc3nncn3C)C2)CCC1. The van der Waals surface area contributed by atoms with Gasteiger partial charge in [-0.05, 0) is 32.1 Å². The van der Waals surface area contributed by atoms with E-state index in [9.17, 15) is 9.90 Å². The van der Waals surface area contributed by atoms with Crippen LogP contribution in [0.3, 0.4) is 0 Å². The molecule has 1 saturated carbocycles. The van der Waals surface area contributed by atoms with Crippen LogP contribution in [-0.4, -0.2) is 62.1 Å². The fourth-order valence-electron chi connectivity index (χ4n) is 3.64. The van der Waals surface area contributed by atoms with Gasteiger partial charge < -0.3 is 19.3 Å². The Morgan fingerprint density at radius 3 is 2.74 bits per heavy atom. The highest BCUT2D eigenvalue weighted by Crippen LogP contribution is 2.39. The molecule has 1 aromatic rings. The van der Waals surface area contributed by atoms with Crippen molar-refractivity contribution in [3.05, 3.63) is 12.2 Å². The molecule has 2 heterocycles. The number of carbonyl (C=O) groups excluding carboxylic acids is 1. The molecule has 1 saturated heterocycles. The number of methoxy groups -OCH3 is 1.